The second-order valence-corrected chi connectivity index (χ2v) is 5.17. The van der Waals surface area contributed by atoms with Gasteiger partial charge in [-0.1, -0.05) is 0 Å². The normalized spacial score (nSPS) is 19.6. The lowest BCUT2D eigenvalue weighted by molar-refractivity contribution is -0.123. The lowest BCUT2D eigenvalue weighted by Crippen LogP contribution is -2.40. The van der Waals surface area contributed by atoms with Crippen molar-refractivity contribution < 1.29 is 14.3 Å². The number of ether oxygens (including phenoxy) is 1. The number of benzene rings is 1. The maximum atomic E-state index is 11.3. The number of nitrogens with zero attached hydrogens (tertiary/aromatic N) is 1. The summed E-state index contributed by atoms with van der Waals surface area (Å²) >= 11 is 0. The molecule has 0 aliphatic carbocycles. The van der Waals surface area contributed by atoms with Crippen molar-refractivity contribution in [2.45, 2.75) is 19.4 Å². The minimum absolute atomic E-state index is 0.0796. The summed E-state index contributed by atoms with van der Waals surface area (Å²) in [7, 11) is 1.61. The second kappa shape index (κ2) is 6.52. The van der Waals surface area contributed by atoms with Crippen molar-refractivity contribution in [3.05, 3.63) is 29.3 Å². The SMILES string of the molecule is COc1ccc(C=O)cc1CN1CCCC(C(N)=O)C1. The van der Waals surface area contributed by atoms with E-state index in [4.69, 9.17) is 10.5 Å². The molecule has 1 unspecified atom stereocenters. The predicted octanol–water partition coefficient (Wildman–Crippen LogP) is 1.20. The van der Waals surface area contributed by atoms with Gasteiger partial charge in [-0.05, 0) is 37.6 Å². The van der Waals surface area contributed by atoms with E-state index in [0.29, 0.717) is 18.7 Å². The highest BCUT2D eigenvalue weighted by Gasteiger charge is 2.24. The van der Waals surface area contributed by atoms with E-state index >= 15 is 0 Å². The number of piperidine rings is 1. The van der Waals surface area contributed by atoms with E-state index in [0.717, 1.165) is 37.0 Å². The first-order valence-corrected chi connectivity index (χ1v) is 6.77. The second-order valence-electron chi connectivity index (χ2n) is 5.17. The Balaban J connectivity index is 2.12. The molecule has 2 rings (SSSR count). The number of carbonyl (C=O) groups excluding carboxylic acids is 2. The summed E-state index contributed by atoms with van der Waals surface area (Å²) < 4.78 is 5.33. The molecule has 0 bridgehead atoms. The zero-order valence-corrected chi connectivity index (χ0v) is 11.7. The third kappa shape index (κ3) is 3.36. The molecule has 20 heavy (non-hydrogen) atoms. The summed E-state index contributed by atoms with van der Waals surface area (Å²) in [5.41, 5.74) is 6.98. The summed E-state index contributed by atoms with van der Waals surface area (Å²) in [6.07, 6.45) is 2.64. The van der Waals surface area contributed by atoms with E-state index in [-0.39, 0.29) is 11.8 Å². The number of methoxy groups -OCH3 is 1. The molecule has 5 nitrogen and oxygen atoms in total. The Morgan fingerprint density at radius 1 is 1.55 bits per heavy atom. The zero-order chi connectivity index (χ0) is 14.5. The molecule has 5 heteroatoms. The summed E-state index contributed by atoms with van der Waals surface area (Å²) in [4.78, 5) is 24.4. The van der Waals surface area contributed by atoms with Crippen LogP contribution in [0.25, 0.3) is 0 Å². The highest BCUT2D eigenvalue weighted by atomic mass is 16.5. The van der Waals surface area contributed by atoms with Crippen LogP contribution in [0.2, 0.25) is 0 Å². The lowest BCUT2D eigenvalue weighted by Gasteiger charge is -2.31. The molecule has 1 amide bonds. The van der Waals surface area contributed by atoms with Gasteiger partial charge in [0.2, 0.25) is 5.91 Å². The van der Waals surface area contributed by atoms with Crippen molar-refractivity contribution in [3.8, 4) is 5.75 Å². The zero-order valence-electron chi connectivity index (χ0n) is 11.7. The molecule has 1 heterocycles. The summed E-state index contributed by atoms with van der Waals surface area (Å²) in [5.74, 6) is 0.448. The van der Waals surface area contributed by atoms with Crippen LogP contribution in [0.4, 0.5) is 0 Å². The van der Waals surface area contributed by atoms with Gasteiger partial charge in [-0.15, -0.1) is 0 Å². The summed E-state index contributed by atoms with van der Waals surface area (Å²) in [6.45, 7) is 2.26. The van der Waals surface area contributed by atoms with Crippen LogP contribution in [0.5, 0.6) is 5.75 Å². The Kier molecular flexibility index (Phi) is 4.74. The largest absolute Gasteiger partial charge is 0.496 e. The lowest BCUT2D eigenvalue weighted by atomic mass is 9.97. The number of likely N-dealkylation sites (tertiary alicyclic amines) is 1. The predicted molar refractivity (Wildman–Crippen MR) is 75.6 cm³/mol. The van der Waals surface area contributed by atoms with Crippen molar-refractivity contribution in [2.75, 3.05) is 20.2 Å². The molecule has 2 N–H and O–H groups in total. The molecule has 1 saturated heterocycles. The average Bonchev–Trinajstić information content (AvgIpc) is 2.47. The number of hydrogen-bond acceptors (Lipinski definition) is 4. The molecular weight excluding hydrogens is 256 g/mol. The maximum Gasteiger partial charge on any atom is 0.221 e. The van der Waals surface area contributed by atoms with Crippen molar-refractivity contribution in [1.29, 1.82) is 0 Å². The van der Waals surface area contributed by atoms with Gasteiger partial charge in [0.1, 0.15) is 12.0 Å². The number of amides is 1. The van der Waals surface area contributed by atoms with Crippen molar-refractivity contribution in [1.82, 2.24) is 4.90 Å². The summed E-state index contributed by atoms with van der Waals surface area (Å²) in [5, 5.41) is 0. The molecule has 1 fully saturated rings. The number of nitrogens with two attached hydrogens (primary N) is 1. The van der Waals surface area contributed by atoms with Gasteiger partial charge in [0.25, 0.3) is 0 Å². The quantitative estimate of drug-likeness (QED) is 0.820. The van der Waals surface area contributed by atoms with Gasteiger partial charge >= 0.3 is 0 Å². The molecule has 1 aromatic carbocycles. The van der Waals surface area contributed by atoms with E-state index in [1.165, 1.54) is 0 Å². The van der Waals surface area contributed by atoms with Crippen LogP contribution < -0.4 is 10.5 Å². The van der Waals surface area contributed by atoms with E-state index in [9.17, 15) is 9.59 Å². The molecule has 108 valence electrons. The number of carbonyl (C=O) groups is 2. The molecule has 0 saturated carbocycles. The van der Waals surface area contributed by atoms with Gasteiger partial charge in [0.05, 0.1) is 13.0 Å². The topological polar surface area (TPSA) is 72.6 Å². The highest BCUT2D eigenvalue weighted by Crippen LogP contribution is 2.24. The first-order chi connectivity index (χ1) is 9.63. The molecule has 1 atom stereocenters. The van der Waals surface area contributed by atoms with Crippen LogP contribution in [-0.2, 0) is 11.3 Å². The molecule has 0 spiro atoms. The Labute approximate surface area is 118 Å². The molecule has 1 aliphatic rings. The Morgan fingerprint density at radius 3 is 3.00 bits per heavy atom. The van der Waals surface area contributed by atoms with E-state index in [1.54, 1.807) is 19.2 Å². The Bertz CT molecular complexity index is 502. The van der Waals surface area contributed by atoms with Crippen LogP contribution >= 0.6 is 0 Å². The van der Waals surface area contributed by atoms with Crippen LogP contribution in [0.3, 0.4) is 0 Å². The number of primary amides is 1. The van der Waals surface area contributed by atoms with Gasteiger partial charge in [0.15, 0.2) is 0 Å². The van der Waals surface area contributed by atoms with Crippen LogP contribution in [0.15, 0.2) is 18.2 Å². The molecule has 0 aromatic heterocycles. The summed E-state index contributed by atoms with van der Waals surface area (Å²) in [6, 6.07) is 5.37. The third-order valence-corrected chi connectivity index (χ3v) is 3.74. The van der Waals surface area contributed by atoms with E-state index in [2.05, 4.69) is 4.90 Å². The third-order valence-electron chi connectivity index (χ3n) is 3.74. The average molecular weight is 276 g/mol. The van der Waals surface area contributed by atoms with Gasteiger partial charge in [-0.25, -0.2) is 0 Å². The number of aldehydes is 1. The first-order valence-electron chi connectivity index (χ1n) is 6.77. The molecular formula is C15H20N2O3. The standard InChI is InChI=1S/C15H20N2O3/c1-20-14-5-4-11(10-18)7-13(14)9-17-6-2-3-12(8-17)15(16)19/h4-5,7,10,12H,2-3,6,8-9H2,1H3,(H2,16,19). The van der Waals surface area contributed by atoms with Gasteiger partial charge in [0, 0.05) is 24.2 Å². The Hall–Kier alpha value is -1.88. The minimum Gasteiger partial charge on any atom is -0.496 e. The van der Waals surface area contributed by atoms with Crippen LogP contribution in [0, 0.1) is 5.92 Å². The van der Waals surface area contributed by atoms with Crippen molar-refractivity contribution in [3.63, 3.8) is 0 Å². The van der Waals surface area contributed by atoms with Gasteiger partial charge < -0.3 is 10.5 Å². The monoisotopic (exact) mass is 276 g/mol. The molecule has 0 radical (unpaired) electrons. The fourth-order valence-corrected chi connectivity index (χ4v) is 2.67. The first kappa shape index (κ1) is 14.5. The van der Waals surface area contributed by atoms with Gasteiger partial charge in [-0.2, -0.15) is 0 Å². The van der Waals surface area contributed by atoms with Crippen LogP contribution in [-0.4, -0.2) is 37.3 Å². The fourth-order valence-electron chi connectivity index (χ4n) is 2.67. The highest BCUT2D eigenvalue weighted by molar-refractivity contribution is 5.77. The van der Waals surface area contributed by atoms with E-state index in [1.807, 2.05) is 6.07 Å². The molecule has 1 aliphatic heterocycles. The van der Waals surface area contributed by atoms with Crippen molar-refractivity contribution >= 4 is 12.2 Å². The Morgan fingerprint density at radius 2 is 2.35 bits per heavy atom. The fraction of sp³-hybridized carbons (Fsp3) is 0.467. The minimum atomic E-state index is -0.233. The maximum absolute atomic E-state index is 11.3. The number of hydrogen-bond donors (Lipinski definition) is 1. The van der Waals surface area contributed by atoms with Crippen LogP contribution in [0.1, 0.15) is 28.8 Å². The van der Waals surface area contributed by atoms with Gasteiger partial charge in [-0.3, -0.25) is 14.5 Å². The van der Waals surface area contributed by atoms with Crippen molar-refractivity contribution in [2.24, 2.45) is 11.7 Å². The molecule has 1 aromatic rings. The van der Waals surface area contributed by atoms with E-state index < -0.39 is 0 Å². The number of rotatable bonds is 5. The smallest absolute Gasteiger partial charge is 0.221 e.